The van der Waals surface area contributed by atoms with Crippen molar-refractivity contribution in [1.82, 2.24) is 5.32 Å². The quantitative estimate of drug-likeness (QED) is 0.731. The van der Waals surface area contributed by atoms with Gasteiger partial charge >= 0.3 is 0 Å². The molecule has 1 aliphatic rings. The number of fused-ring (bicyclic) bond motifs is 1. The number of sulfone groups is 1. The molecule has 0 aromatic heterocycles. The molecule has 0 unspecified atom stereocenters. The number of anilines is 1. The monoisotopic (exact) mass is 432 g/mol. The fourth-order valence-electron chi connectivity index (χ4n) is 2.96. The highest BCUT2D eigenvalue weighted by atomic mass is 32.2. The number of carbonyl (C=O) groups is 2. The number of carbonyl (C=O) groups excluding carboxylic acids is 2. The zero-order valence-corrected chi connectivity index (χ0v) is 18.0. The minimum Gasteiger partial charge on any atom is -0.352 e. The topological polar surface area (TPSA) is 92.3 Å². The summed E-state index contributed by atoms with van der Waals surface area (Å²) in [5, 5.41) is 5.64. The van der Waals surface area contributed by atoms with Crippen LogP contribution in [0.1, 0.15) is 30.9 Å². The number of nitrogens with one attached hydrogen (secondary N) is 2. The van der Waals surface area contributed by atoms with Gasteiger partial charge in [-0.15, -0.1) is 11.8 Å². The third-order valence-electron chi connectivity index (χ3n) is 4.59. The van der Waals surface area contributed by atoms with E-state index < -0.39 is 9.84 Å². The molecule has 1 aliphatic heterocycles. The largest absolute Gasteiger partial charge is 0.352 e. The maximum Gasteiger partial charge on any atom is 0.225 e. The number of rotatable bonds is 6. The average Bonchev–Trinajstić information content (AvgIpc) is 2.81. The van der Waals surface area contributed by atoms with Crippen LogP contribution in [0.5, 0.6) is 0 Å². The van der Waals surface area contributed by atoms with Gasteiger partial charge in [-0.2, -0.15) is 0 Å². The number of hydrogen-bond donors (Lipinski definition) is 2. The summed E-state index contributed by atoms with van der Waals surface area (Å²) < 4.78 is 25.3. The fourth-order valence-corrected chi connectivity index (χ4v) is 5.28. The molecule has 0 aliphatic carbocycles. The smallest absolute Gasteiger partial charge is 0.225 e. The van der Waals surface area contributed by atoms with Gasteiger partial charge in [-0.25, -0.2) is 8.42 Å². The molecule has 1 atom stereocenters. The van der Waals surface area contributed by atoms with Crippen LogP contribution in [0.15, 0.2) is 52.3 Å². The predicted octanol–water partition coefficient (Wildman–Crippen LogP) is 3.30. The van der Waals surface area contributed by atoms with Crippen LogP contribution in [0.3, 0.4) is 0 Å². The van der Waals surface area contributed by atoms with E-state index >= 15 is 0 Å². The Hall–Kier alpha value is -2.32. The number of benzene rings is 2. The van der Waals surface area contributed by atoms with Crippen LogP contribution in [-0.4, -0.2) is 31.2 Å². The van der Waals surface area contributed by atoms with Crippen molar-refractivity contribution in [3.63, 3.8) is 0 Å². The van der Waals surface area contributed by atoms with E-state index in [9.17, 15) is 18.0 Å². The van der Waals surface area contributed by atoms with E-state index in [1.807, 2.05) is 38.1 Å². The van der Waals surface area contributed by atoms with Crippen molar-refractivity contribution >= 4 is 39.1 Å². The summed E-state index contributed by atoms with van der Waals surface area (Å²) in [5.74, 6) is -0.737. The van der Waals surface area contributed by atoms with Crippen molar-refractivity contribution < 1.29 is 18.0 Å². The molecule has 8 heteroatoms. The molecule has 2 aromatic rings. The third-order valence-corrected chi connectivity index (χ3v) is 7.49. The molecule has 2 aromatic carbocycles. The van der Waals surface area contributed by atoms with Gasteiger partial charge in [0.15, 0.2) is 9.84 Å². The molecule has 0 saturated heterocycles. The predicted molar refractivity (Wildman–Crippen MR) is 115 cm³/mol. The van der Waals surface area contributed by atoms with E-state index in [1.165, 1.54) is 23.9 Å². The Morgan fingerprint density at radius 2 is 1.93 bits per heavy atom. The number of hydrogen-bond acceptors (Lipinski definition) is 5. The first-order chi connectivity index (χ1) is 13.7. The van der Waals surface area contributed by atoms with E-state index in [-0.39, 0.29) is 34.1 Å². The van der Waals surface area contributed by atoms with Crippen molar-refractivity contribution in [2.24, 2.45) is 0 Å². The van der Waals surface area contributed by atoms with E-state index in [1.54, 1.807) is 6.07 Å². The Labute approximate surface area is 175 Å². The molecular weight excluding hydrogens is 408 g/mol. The van der Waals surface area contributed by atoms with E-state index in [4.69, 9.17) is 0 Å². The summed E-state index contributed by atoms with van der Waals surface area (Å²) in [5.41, 5.74) is 2.60. The molecule has 1 heterocycles. The lowest BCUT2D eigenvalue weighted by molar-refractivity contribution is -0.121. The Kier molecular flexibility index (Phi) is 6.64. The van der Waals surface area contributed by atoms with Gasteiger partial charge in [-0.3, -0.25) is 9.59 Å². The van der Waals surface area contributed by atoms with Crippen molar-refractivity contribution in [2.45, 2.75) is 48.3 Å². The summed E-state index contributed by atoms with van der Waals surface area (Å²) in [6.07, 6.45) is 0.256. The van der Waals surface area contributed by atoms with Gasteiger partial charge in [0.05, 0.1) is 16.3 Å². The molecule has 0 saturated carbocycles. The molecule has 154 valence electrons. The second kappa shape index (κ2) is 9.00. The lowest BCUT2D eigenvalue weighted by atomic mass is 10.1. The fraction of sp³-hybridized carbons (Fsp3) is 0.333. The highest BCUT2D eigenvalue weighted by Gasteiger charge is 2.22. The lowest BCUT2D eigenvalue weighted by Crippen LogP contribution is -2.25. The van der Waals surface area contributed by atoms with Crippen LogP contribution in [-0.2, 0) is 26.0 Å². The SMILES string of the molecule is Cc1ccc(CNC(=O)CCS(=O)(=O)c2ccc3c(c2)NC(=O)C[C@H](C)S3)cc1. The minimum absolute atomic E-state index is 0.109. The summed E-state index contributed by atoms with van der Waals surface area (Å²) >= 11 is 1.54. The zero-order chi connectivity index (χ0) is 21.0. The van der Waals surface area contributed by atoms with E-state index in [0.717, 1.165) is 16.0 Å². The minimum atomic E-state index is -3.64. The molecule has 3 rings (SSSR count). The second-order valence-corrected chi connectivity index (χ2v) is 10.8. The number of amides is 2. The first-order valence-electron chi connectivity index (χ1n) is 9.38. The van der Waals surface area contributed by atoms with Gasteiger partial charge < -0.3 is 10.6 Å². The van der Waals surface area contributed by atoms with Crippen LogP contribution in [0.2, 0.25) is 0 Å². The molecule has 29 heavy (non-hydrogen) atoms. The Bertz CT molecular complexity index is 1020. The Morgan fingerprint density at radius 3 is 2.66 bits per heavy atom. The highest BCUT2D eigenvalue weighted by Crippen LogP contribution is 2.36. The van der Waals surface area contributed by atoms with Crippen LogP contribution in [0, 0.1) is 6.92 Å². The van der Waals surface area contributed by atoms with Crippen LogP contribution in [0.4, 0.5) is 5.69 Å². The lowest BCUT2D eigenvalue weighted by Gasteiger charge is -2.11. The molecule has 0 bridgehead atoms. The van der Waals surface area contributed by atoms with Gasteiger partial charge in [-0.05, 0) is 30.7 Å². The van der Waals surface area contributed by atoms with Crippen molar-refractivity contribution in [3.8, 4) is 0 Å². The zero-order valence-electron chi connectivity index (χ0n) is 16.4. The van der Waals surface area contributed by atoms with Gasteiger partial charge in [0.1, 0.15) is 0 Å². The first kappa shape index (κ1) is 21.4. The maximum absolute atomic E-state index is 12.7. The second-order valence-electron chi connectivity index (χ2n) is 7.17. The van der Waals surface area contributed by atoms with Gasteiger partial charge in [0.25, 0.3) is 0 Å². The molecule has 2 N–H and O–H groups in total. The summed E-state index contributed by atoms with van der Waals surface area (Å²) in [7, 11) is -3.64. The molecule has 0 radical (unpaired) electrons. The van der Waals surface area contributed by atoms with Crippen molar-refractivity contribution in [3.05, 3.63) is 53.6 Å². The molecule has 0 spiro atoms. The van der Waals surface area contributed by atoms with Crippen molar-refractivity contribution in [2.75, 3.05) is 11.1 Å². The van der Waals surface area contributed by atoms with Crippen molar-refractivity contribution in [1.29, 1.82) is 0 Å². The van der Waals surface area contributed by atoms with Gasteiger partial charge in [0.2, 0.25) is 11.8 Å². The Balaban J connectivity index is 1.61. The van der Waals surface area contributed by atoms with Crippen LogP contribution in [0.25, 0.3) is 0 Å². The normalized spacial score (nSPS) is 16.5. The number of thioether (sulfide) groups is 1. The summed E-state index contributed by atoms with van der Waals surface area (Å²) in [4.78, 5) is 25.0. The van der Waals surface area contributed by atoms with Crippen LogP contribution >= 0.6 is 11.8 Å². The molecule has 0 fully saturated rings. The average molecular weight is 433 g/mol. The highest BCUT2D eigenvalue weighted by molar-refractivity contribution is 8.00. The third kappa shape index (κ3) is 5.83. The maximum atomic E-state index is 12.7. The molecule has 6 nitrogen and oxygen atoms in total. The standard InChI is InChI=1S/C21H24N2O4S2/c1-14-3-5-16(6-4-14)13-22-20(24)9-10-29(26,27)17-7-8-19-18(12-17)23-21(25)11-15(2)28-19/h3-8,12,15H,9-11,13H2,1-2H3,(H,22,24)(H,23,25)/t15-/m0/s1. The number of aryl methyl sites for hydroxylation is 1. The van der Waals surface area contributed by atoms with E-state index in [2.05, 4.69) is 10.6 Å². The van der Waals surface area contributed by atoms with Gasteiger partial charge in [-0.1, -0.05) is 36.8 Å². The van der Waals surface area contributed by atoms with Crippen LogP contribution < -0.4 is 10.6 Å². The first-order valence-corrected chi connectivity index (χ1v) is 11.9. The summed E-state index contributed by atoms with van der Waals surface area (Å²) in [6, 6.07) is 12.5. The summed E-state index contributed by atoms with van der Waals surface area (Å²) in [6.45, 7) is 4.30. The van der Waals surface area contributed by atoms with E-state index in [0.29, 0.717) is 18.7 Å². The Morgan fingerprint density at radius 1 is 1.21 bits per heavy atom. The van der Waals surface area contributed by atoms with Gasteiger partial charge in [0, 0.05) is 29.5 Å². The molecule has 2 amide bonds. The molecular formula is C21H24N2O4S2.